The Morgan fingerprint density at radius 3 is 2.72 bits per heavy atom. The van der Waals surface area contributed by atoms with Gasteiger partial charge >= 0.3 is 5.97 Å². The first-order valence-corrected chi connectivity index (χ1v) is 6.02. The molecule has 0 bridgehead atoms. The molecule has 0 saturated carbocycles. The minimum atomic E-state index is -0.386. The lowest BCUT2D eigenvalue weighted by molar-refractivity contribution is 0.0601. The van der Waals surface area contributed by atoms with Gasteiger partial charge in [-0.2, -0.15) is 0 Å². The highest BCUT2D eigenvalue weighted by atomic mass is 16.5. The van der Waals surface area contributed by atoms with E-state index >= 15 is 0 Å². The molecule has 0 radical (unpaired) electrons. The van der Waals surface area contributed by atoms with Crippen LogP contribution in [0.25, 0.3) is 0 Å². The number of esters is 1. The van der Waals surface area contributed by atoms with E-state index in [1.165, 1.54) is 7.11 Å². The third-order valence-electron chi connectivity index (χ3n) is 3.23. The zero-order valence-corrected chi connectivity index (χ0v) is 10.4. The third kappa shape index (κ3) is 2.56. The van der Waals surface area contributed by atoms with Gasteiger partial charge in [-0.15, -0.1) is 0 Å². The lowest BCUT2D eigenvalue weighted by atomic mass is 10.0. The first kappa shape index (κ1) is 12.7. The fourth-order valence-corrected chi connectivity index (χ4v) is 2.21. The standard InChI is InChI=1S/C13H18N2O3/c1-18-13(17)11-8-9(14)2-3-12(11)15-6-4-10(16)5-7-15/h2-3,8,10,16H,4-7,14H2,1H3. The number of nitrogens with two attached hydrogens (primary N) is 1. The van der Waals surface area contributed by atoms with Crippen LogP contribution >= 0.6 is 0 Å². The highest BCUT2D eigenvalue weighted by Gasteiger charge is 2.22. The van der Waals surface area contributed by atoms with Gasteiger partial charge in [-0.05, 0) is 31.0 Å². The van der Waals surface area contributed by atoms with Gasteiger partial charge in [0.1, 0.15) is 0 Å². The van der Waals surface area contributed by atoms with Crippen molar-refractivity contribution >= 4 is 17.3 Å². The molecule has 5 heteroatoms. The van der Waals surface area contributed by atoms with Crippen LogP contribution in [0.15, 0.2) is 18.2 Å². The largest absolute Gasteiger partial charge is 0.465 e. The molecular formula is C13H18N2O3. The summed E-state index contributed by atoms with van der Waals surface area (Å²) in [5.41, 5.74) is 7.55. The molecule has 0 aromatic heterocycles. The van der Waals surface area contributed by atoms with Gasteiger partial charge in [-0.1, -0.05) is 0 Å². The Labute approximate surface area is 106 Å². The van der Waals surface area contributed by atoms with Crippen LogP contribution in [0.2, 0.25) is 0 Å². The quantitative estimate of drug-likeness (QED) is 0.605. The fraction of sp³-hybridized carbons (Fsp3) is 0.462. The summed E-state index contributed by atoms with van der Waals surface area (Å²) in [6.07, 6.45) is 1.19. The van der Waals surface area contributed by atoms with E-state index in [0.717, 1.165) is 18.8 Å². The highest BCUT2D eigenvalue weighted by Crippen LogP contribution is 2.26. The molecule has 0 aliphatic carbocycles. The maximum Gasteiger partial charge on any atom is 0.340 e. The van der Waals surface area contributed by atoms with Crippen LogP contribution in [0.5, 0.6) is 0 Å². The number of aliphatic hydroxyl groups excluding tert-OH is 1. The van der Waals surface area contributed by atoms with Gasteiger partial charge in [0.15, 0.2) is 0 Å². The highest BCUT2D eigenvalue weighted by molar-refractivity contribution is 5.97. The molecule has 1 heterocycles. The van der Waals surface area contributed by atoms with Gasteiger partial charge in [-0.25, -0.2) is 4.79 Å². The van der Waals surface area contributed by atoms with Crippen molar-refractivity contribution in [2.45, 2.75) is 18.9 Å². The van der Waals surface area contributed by atoms with E-state index < -0.39 is 0 Å². The minimum Gasteiger partial charge on any atom is -0.465 e. The molecule has 18 heavy (non-hydrogen) atoms. The van der Waals surface area contributed by atoms with Gasteiger partial charge in [-0.3, -0.25) is 0 Å². The van der Waals surface area contributed by atoms with Crippen molar-refractivity contribution in [3.63, 3.8) is 0 Å². The number of carbonyl (C=O) groups excluding carboxylic acids is 1. The number of nitrogens with zero attached hydrogens (tertiary/aromatic N) is 1. The first-order valence-electron chi connectivity index (χ1n) is 6.02. The van der Waals surface area contributed by atoms with Gasteiger partial charge < -0.3 is 20.5 Å². The van der Waals surface area contributed by atoms with Crippen LogP contribution in [0.3, 0.4) is 0 Å². The Kier molecular flexibility index (Phi) is 3.72. The summed E-state index contributed by atoms with van der Waals surface area (Å²) in [5, 5.41) is 9.50. The van der Waals surface area contributed by atoms with E-state index in [0.29, 0.717) is 24.1 Å². The van der Waals surface area contributed by atoms with Gasteiger partial charge in [0.25, 0.3) is 0 Å². The molecule has 1 fully saturated rings. The van der Waals surface area contributed by atoms with Crippen molar-refractivity contribution in [1.29, 1.82) is 0 Å². The molecule has 98 valence electrons. The van der Waals surface area contributed by atoms with Gasteiger partial charge in [0.2, 0.25) is 0 Å². The second kappa shape index (κ2) is 5.27. The van der Waals surface area contributed by atoms with E-state index in [4.69, 9.17) is 10.5 Å². The predicted octanol–water partition coefficient (Wildman–Crippen LogP) is 1.02. The molecule has 1 aliphatic heterocycles. The summed E-state index contributed by atoms with van der Waals surface area (Å²) in [4.78, 5) is 13.8. The minimum absolute atomic E-state index is 0.239. The number of aliphatic hydroxyl groups is 1. The third-order valence-corrected chi connectivity index (χ3v) is 3.23. The molecule has 0 spiro atoms. The second-order valence-electron chi connectivity index (χ2n) is 4.49. The SMILES string of the molecule is COC(=O)c1cc(N)ccc1N1CCC(O)CC1. The summed E-state index contributed by atoms with van der Waals surface area (Å²) in [7, 11) is 1.36. The molecule has 3 N–H and O–H groups in total. The van der Waals surface area contributed by atoms with Crippen LogP contribution in [-0.4, -0.2) is 37.4 Å². The number of methoxy groups -OCH3 is 1. The zero-order chi connectivity index (χ0) is 13.1. The molecule has 1 aromatic rings. The number of carbonyl (C=O) groups is 1. The number of benzene rings is 1. The zero-order valence-electron chi connectivity index (χ0n) is 10.4. The van der Waals surface area contributed by atoms with E-state index in [1.54, 1.807) is 12.1 Å². The number of hydrogen-bond donors (Lipinski definition) is 2. The Bertz CT molecular complexity index is 440. The molecule has 0 atom stereocenters. The Morgan fingerprint density at radius 2 is 2.11 bits per heavy atom. The summed E-state index contributed by atoms with van der Waals surface area (Å²) >= 11 is 0. The first-order chi connectivity index (χ1) is 8.61. The van der Waals surface area contributed by atoms with Crippen molar-refractivity contribution in [3.8, 4) is 0 Å². The predicted molar refractivity (Wildman–Crippen MR) is 69.6 cm³/mol. The molecule has 0 unspecified atom stereocenters. The van der Waals surface area contributed by atoms with Crippen LogP contribution in [-0.2, 0) is 4.74 Å². The van der Waals surface area contributed by atoms with Gasteiger partial charge in [0, 0.05) is 18.8 Å². The van der Waals surface area contributed by atoms with E-state index in [9.17, 15) is 9.90 Å². The van der Waals surface area contributed by atoms with Gasteiger partial charge in [0.05, 0.1) is 24.5 Å². The van der Waals surface area contributed by atoms with Crippen molar-refractivity contribution in [2.75, 3.05) is 30.8 Å². The molecule has 1 aliphatic rings. The number of piperidine rings is 1. The lowest BCUT2D eigenvalue weighted by Crippen LogP contribution is -2.36. The Morgan fingerprint density at radius 1 is 1.44 bits per heavy atom. The smallest absolute Gasteiger partial charge is 0.340 e. The van der Waals surface area contributed by atoms with Crippen LogP contribution in [0.4, 0.5) is 11.4 Å². The summed E-state index contributed by atoms with van der Waals surface area (Å²) in [6.45, 7) is 1.46. The van der Waals surface area contributed by atoms with Crippen LogP contribution in [0, 0.1) is 0 Å². The number of rotatable bonds is 2. The lowest BCUT2D eigenvalue weighted by Gasteiger charge is -2.32. The molecule has 0 amide bonds. The molecule has 5 nitrogen and oxygen atoms in total. The Hall–Kier alpha value is -1.75. The van der Waals surface area contributed by atoms with E-state index in [-0.39, 0.29) is 12.1 Å². The average Bonchev–Trinajstić information content (AvgIpc) is 2.39. The van der Waals surface area contributed by atoms with Crippen molar-refractivity contribution in [1.82, 2.24) is 0 Å². The average molecular weight is 250 g/mol. The van der Waals surface area contributed by atoms with Crippen molar-refractivity contribution in [2.24, 2.45) is 0 Å². The van der Waals surface area contributed by atoms with E-state index in [2.05, 4.69) is 4.90 Å². The monoisotopic (exact) mass is 250 g/mol. The molecule has 1 aromatic carbocycles. The fourth-order valence-electron chi connectivity index (χ4n) is 2.21. The van der Waals surface area contributed by atoms with E-state index in [1.807, 2.05) is 6.07 Å². The van der Waals surface area contributed by atoms with Crippen molar-refractivity contribution in [3.05, 3.63) is 23.8 Å². The summed E-state index contributed by atoms with van der Waals surface area (Å²) in [5.74, 6) is -0.386. The maximum absolute atomic E-state index is 11.7. The maximum atomic E-state index is 11.7. The second-order valence-corrected chi connectivity index (χ2v) is 4.49. The number of ether oxygens (including phenoxy) is 1. The normalized spacial score (nSPS) is 16.7. The Balaban J connectivity index is 2.29. The number of hydrogen-bond acceptors (Lipinski definition) is 5. The van der Waals surface area contributed by atoms with Crippen LogP contribution in [0.1, 0.15) is 23.2 Å². The molecule has 2 rings (SSSR count). The summed E-state index contributed by atoms with van der Waals surface area (Å²) < 4.78 is 4.77. The van der Waals surface area contributed by atoms with Crippen LogP contribution < -0.4 is 10.6 Å². The number of nitrogen functional groups attached to an aromatic ring is 1. The number of anilines is 2. The van der Waals surface area contributed by atoms with Crippen molar-refractivity contribution < 1.29 is 14.6 Å². The molecular weight excluding hydrogens is 232 g/mol. The topological polar surface area (TPSA) is 75.8 Å². The summed E-state index contributed by atoms with van der Waals surface area (Å²) in [6, 6.07) is 5.23. The molecule has 1 saturated heterocycles.